The quantitative estimate of drug-likeness (QED) is 0.736. The number of carbonyl (C=O) groups excluding carboxylic acids is 2. The summed E-state index contributed by atoms with van der Waals surface area (Å²) < 4.78 is 35.8. The third kappa shape index (κ3) is 6.15. The largest absolute Gasteiger partial charge is 0.354 e. The number of nitrogens with two attached hydrogens (primary N) is 1. The highest BCUT2D eigenvalue weighted by Crippen LogP contribution is 2.15. The number of anilines is 1. The monoisotopic (exact) mass is 393 g/mol. The Kier molecular flexibility index (Phi) is 6.65. The zero-order valence-electron chi connectivity index (χ0n) is 14.7. The van der Waals surface area contributed by atoms with E-state index in [4.69, 9.17) is 5.14 Å². The van der Waals surface area contributed by atoms with Crippen LogP contribution in [0.5, 0.6) is 0 Å². The number of sulfonamides is 1. The molecule has 0 aliphatic rings. The number of nitrogens with zero attached hydrogens (tertiary/aromatic N) is 1. The van der Waals surface area contributed by atoms with Crippen LogP contribution in [0.3, 0.4) is 0 Å². The summed E-state index contributed by atoms with van der Waals surface area (Å²) in [5.74, 6) is -1.27. The minimum atomic E-state index is -3.74. The maximum atomic E-state index is 13.3. The summed E-state index contributed by atoms with van der Waals surface area (Å²) in [6, 6.07) is 11.5. The molecule has 2 amide bonds. The molecule has 0 aliphatic carbocycles. The maximum Gasteiger partial charge on any atom is 0.240 e. The summed E-state index contributed by atoms with van der Waals surface area (Å²) in [6.07, 6.45) is 0.469. The molecule has 2 aromatic rings. The van der Waals surface area contributed by atoms with Crippen molar-refractivity contribution in [1.82, 2.24) is 5.32 Å². The summed E-state index contributed by atoms with van der Waals surface area (Å²) in [7, 11) is -3.74. The molecular formula is C18H20FN3O4S. The fraction of sp³-hybridized carbons (Fsp3) is 0.222. The molecule has 0 spiro atoms. The Balaban J connectivity index is 1.90. The van der Waals surface area contributed by atoms with Gasteiger partial charge in [0.1, 0.15) is 12.4 Å². The number of benzene rings is 2. The molecule has 0 heterocycles. The Morgan fingerprint density at radius 3 is 2.37 bits per heavy atom. The van der Waals surface area contributed by atoms with E-state index in [0.717, 1.165) is 5.56 Å². The van der Waals surface area contributed by atoms with E-state index >= 15 is 0 Å². The number of carbonyl (C=O) groups is 2. The highest BCUT2D eigenvalue weighted by molar-refractivity contribution is 7.89. The lowest BCUT2D eigenvalue weighted by Crippen LogP contribution is -2.40. The van der Waals surface area contributed by atoms with Gasteiger partial charge in [0.15, 0.2) is 0 Å². The van der Waals surface area contributed by atoms with Gasteiger partial charge >= 0.3 is 0 Å². The van der Waals surface area contributed by atoms with Crippen LogP contribution in [0.4, 0.5) is 10.1 Å². The fourth-order valence-corrected chi connectivity index (χ4v) is 2.94. The van der Waals surface area contributed by atoms with E-state index in [9.17, 15) is 22.4 Å². The van der Waals surface area contributed by atoms with Crippen LogP contribution in [0.1, 0.15) is 12.5 Å². The van der Waals surface area contributed by atoms with Crippen molar-refractivity contribution in [2.45, 2.75) is 18.2 Å². The molecule has 0 fully saturated rings. The minimum absolute atomic E-state index is 0.0162. The zero-order valence-corrected chi connectivity index (χ0v) is 15.5. The summed E-state index contributed by atoms with van der Waals surface area (Å²) in [5, 5.41) is 7.71. The van der Waals surface area contributed by atoms with Gasteiger partial charge in [0.2, 0.25) is 21.8 Å². The van der Waals surface area contributed by atoms with E-state index in [1.54, 1.807) is 18.2 Å². The first-order valence-corrected chi connectivity index (χ1v) is 9.63. The molecule has 2 aromatic carbocycles. The van der Waals surface area contributed by atoms with Gasteiger partial charge in [-0.1, -0.05) is 18.2 Å². The second-order valence-corrected chi connectivity index (χ2v) is 7.44. The van der Waals surface area contributed by atoms with Crippen molar-refractivity contribution in [1.29, 1.82) is 0 Å². The number of rotatable bonds is 7. The van der Waals surface area contributed by atoms with E-state index in [1.165, 1.54) is 42.2 Å². The van der Waals surface area contributed by atoms with Gasteiger partial charge in [-0.15, -0.1) is 0 Å². The molecular weight excluding hydrogens is 373 g/mol. The number of primary sulfonamides is 1. The molecule has 0 saturated carbocycles. The summed E-state index contributed by atoms with van der Waals surface area (Å²) in [6.45, 7) is 1.36. The van der Waals surface area contributed by atoms with Crippen molar-refractivity contribution in [3.63, 3.8) is 0 Å². The van der Waals surface area contributed by atoms with Gasteiger partial charge in [0.25, 0.3) is 0 Å². The second kappa shape index (κ2) is 8.74. The lowest BCUT2D eigenvalue weighted by Gasteiger charge is -2.20. The number of hydrogen-bond donors (Lipinski definition) is 2. The van der Waals surface area contributed by atoms with Crippen molar-refractivity contribution in [2.24, 2.45) is 5.14 Å². The van der Waals surface area contributed by atoms with E-state index in [1.807, 2.05) is 0 Å². The van der Waals surface area contributed by atoms with Crippen LogP contribution in [-0.2, 0) is 26.0 Å². The van der Waals surface area contributed by atoms with Crippen molar-refractivity contribution in [3.05, 3.63) is 59.9 Å². The molecule has 9 heteroatoms. The van der Waals surface area contributed by atoms with Crippen LogP contribution >= 0.6 is 0 Å². The molecule has 0 saturated heterocycles. The second-order valence-electron chi connectivity index (χ2n) is 5.87. The number of nitrogens with one attached hydrogen (secondary N) is 1. The van der Waals surface area contributed by atoms with Crippen LogP contribution in [0.15, 0.2) is 53.4 Å². The minimum Gasteiger partial charge on any atom is -0.354 e. The van der Waals surface area contributed by atoms with Crippen LogP contribution < -0.4 is 15.4 Å². The Morgan fingerprint density at radius 2 is 1.81 bits per heavy atom. The smallest absolute Gasteiger partial charge is 0.240 e. The maximum absolute atomic E-state index is 13.3. The van der Waals surface area contributed by atoms with Crippen molar-refractivity contribution < 1.29 is 22.4 Å². The average Bonchev–Trinajstić information content (AvgIpc) is 2.59. The number of halogens is 1. The highest BCUT2D eigenvalue weighted by Gasteiger charge is 2.16. The van der Waals surface area contributed by atoms with E-state index in [-0.39, 0.29) is 17.3 Å². The summed E-state index contributed by atoms with van der Waals surface area (Å²) in [4.78, 5) is 25.1. The SMILES string of the molecule is CC(=O)N(CC(=O)NCCc1ccc(S(N)(=O)=O)cc1)c1cccc(F)c1. The van der Waals surface area contributed by atoms with Crippen molar-refractivity contribution in [3.8, 4) is 0 Å². The Bertz CT molecular complexity index is 930. The zero-order chi connectivity index (χ0) is 20.0. The molecule has 0 aromatic heterocycles. The number of amides is 2. The third-order valence-electron chi connectivity index (χ3n) is 3.79. The predicted molar refractivity (Wildman–Crippen MR) is 99.0 cm³/mol. The van der Waals surface area contributed by atoms with E-state index in [2.05, 4.69) is 5.32 Å². The molecule has 27 heavy (non-hydrogen) atoms. The number of hydrogen-bond acceptors (Lipinski definition) is 4. The summed E-state index contributed by atoms with van der Waals surface area (Å²) in [5.41, 5.74) is 1.12. The lowest BCUT2D eigenvalue weighted by molar-refractivity contribution is -0.123. The normalized spacial score (nSPS) is 11.1. The van der Waals surface area contributed by atoms with Crippen LogP contribution in [0.25, 0.3) is 0 Å². The van der Waals surface area contributed by atoms with Gasteiger partial charge in [-0.3, -0.25) is 9.59 Å². The first kappa shape index (κ1) is 20.5. The van der Waals surface area contributed by atoms with Gasteiger partial charge in [-0.25, -0.2) is 17.9 Å². The van der Waals surface area contributed by atoms with Crippen molar-refractivity contribution in [2.75, 3.05) is 18.0 Å². The molecule has 0 bridgehead atoms. The molecule has 0 aliphatic heterocycles. The standard InChI is InChI=1S/C18H20FN3O4S/c1-13(23)22(16-4-2-3-15(19)11-16)12-18(24)21-10-9-14-5-7-17(8-6-14)27(20,25)26/h2-8,11H,9-10,12H2,1H3,(H,21,24)(H2,20,25,26). The Labute approximate surface area is 157 Å². The Hall–Kier alpha value is -2.78. The van der Waals surface area contributed by atoms with Crippen LogP contribution in [0.2, 0.25) is 0 Å². The third-order valence-corrected chi connectivity index (χ3v) is 4.72. The molecule has 144 valence electrons. The molecule has 0 radical (unpaired) electrons. The first-order valence-electron chi connectivity index (χ1n) is 8.09. The lowest BCUT2D eigenvalue weighted by atomic mass is 10.1. The van der Waals surface area contributed by atoms with Crippen LogP contribution in [-0.4, -0.2) is 33.3 Å². The van der Waals surface area contributed by atoms with Gasteiger partial charge < -0.3 is 10.2 Å². The molecule has 0 unspecified atom stereocenters. The highest BCUT2D eigenvalue weighted by atomic mass is 32.2. The van der Waals surface area contributed by atoms with Gasteiger partial charge in [-0.2, -0.15) is 0 Å². The van der Waals surface area contributed by atoms with E-state index in [0.29, 0.717) is 18.7 Å². The average molecular weight is 393 g/mol. The Morgan fingerprint density at radius 1 is 1.15 bits per heavy atom. The van der Waals surface area contributed by atoms with Gasteiger partial charge in [-0.05, 0) is 42.3 Å². The summed E-state index contributed by atoms with van der Waals surface area (Å²) >= 11 is 0. The molecule has 2 rings (SSSR count). The fourth-order valence-electron chi connectivity index (χ4n) is 2.42. The topological polar surface area (TPSA) is 110 Å². The van der Waals surface area contributed by atoms with Gasteiger partial charge in [0, 0.05) is 19.2 Å². The van der Waals surface area contributed by atoms with E-state index < -0.39 is 21.7 Å². The molecule has 7 nitrogen and oxygen atoms in total. The molecule has 3 N–H and O–H groups in total. The van der Waals surface area contributed by atoms with Crippen LogP contribution in [0, 0.1) is 5.82 Å². The van der Waals surface area contributed by atoms with Crippen molar-refractivity contribution >= 4 is 27.5 Å². The molecule has 0 atom stereocenters. The predicted octanol–water partition coefficient (Wildman–Crippen LogP) is 1.18. The van der Waals surface area contributed by atoms with Gasteiger partial charge in [0.05, 0.1) is 4.90 Å². The first-order chi connectivity index (χ1) is 12.7.